The molecule has 1 fully saturated rings. The Morgan fingerprint density at radius 2 is 1.92 bits per heavy atom. The number of amides is 1. The number of carbonyl (C=O) groups excluding carboxylic acids is 1. The molecule has 0 saturated carbocycles. The van der Waals surface area contributed by atoms with Crippen LogP contribution < -0.4 is 14.5 Å². The molecule has 0 spiro atoms. The minimum Gasteiger partial charge on any atom is -0.371 e. The van der Waals surface area contributed by atoms with Crippen LogP contribution in [-0.4, -0.2) is 40.5 Å². The number of anilines is 2. The third-order valence-corrected chi connectivity index (χ3v) is 9.20. The van der Waals surface area contributed by atoms with Crippen molar-refractivity contribution in [2.75, 3.05) is 35.4 Å². The Hall–Kier alpha value is -2.54. The molecule has 4 rings (SSSR count). The highest BCUT2D eigenvalue weighted by atomic mass is 32.2. The summed E-state index contributed by atoms with van der Waals surface area (Å²) in [5.41, 5.74) is 4.19. The quantitative estimate of drug-likeness (QED) is 0.478. The SMILES string of the molecule is CCc1ccc(N(CC(C)C)S(=O)(=O)c2ccc3c(c2)CCCN3CCCC2CCNC(=O)C2)cc1. The molecule has 0 bridgehead atoms. The van der Waals surface area contributed by atoms with Gasteiger partial charge in [-0.15, -0.1) is 0 Å². The molecule has 2 aliphatic rings. The predicted octanol–water partition coefficient (Wildman–Crippen LogP) is 5.16. The monoisotopic (exact) mass is 511 g/mol. The lowest BCUT2D eigenvalue weighted by atomic mass is 9.92. The molecule has 2 heterocycles. The zero-order valence-electron chi connectivity index (χ0n) is 22.0. The normalized spacial score (nSPS) is 18.2. The first-order valence-electron chi connectivity index (χ1n) is 13.5. The number of hydrogen-bond donors (Lipinski definition) is 1. The summed E-state index contributed by atoms with van der Waals surface area (Å²) < 4.78 is 29.3. The van der Waals surface area contributed by atoms with Crippen molar-refractivity contribution in [3.05, 3.63) is 53.6 Å². The molecule has 7 heteroatoms. The molecule has 36 heavy (non-hydrogen) atoms. The van der Waals surface area contributed by atoms with Gasteiger partial charge in [0.15, 0.2) is 0 Å². The fraction of sp³-hybridized carbons (Fsp3) is 0.552. The zero-order chi connectivity index (χ0) is 25.7. The van der Waals surface area contributed by atoms with Gasteiger partial charge in [0, 0.05) is 38.3 Å². The zero-order valence-corrected chi connectivity index (χ0v) is 22.8. The van der Waals surface area contributed by atoms with E-state index in [9.17, 15) is 13.2 Å². The van der Waals surface area contributed by atoms with Crippen LogP contribution in [0.5, 0.6) is 0 Å². The maximum absolute atomic E-state index is 13.8. The van der Waals surface area contributed by atoms with Crippen LogP contribution in [0.15, 0.2) is 47.4 Å². The summed E-state index contributed by atoms with van der Waals surface area (Å²) in [6, 6.07) is 13.6. The lowest BCUT2D eigenvalue weighted by Crippen LogP contribution is -2.35. The van der Waals surface area contributed by atoms with E-state index < -0.39 is 10.0 Å². The molecule has 0 aliphatic carbocycles. The van der Waals surface area contributed by atoms with Crippen molar-refractivity contribution in [2.24, 2.45) is 11.8 Å². The van der Waals surface area contributed by atoms with Gasteiger partial charge in [-0.2, -0.15) is 0 Å². The molecular formula is C29H41N3O3S. The van der Waals surface area contributed by atoms with Gasteiger partial charge >= 0.3 is 0 Å². The molecule has 1 N–H and O–H groups in total. The van der Waals surface area contributed by atoms with Gasteiger partial charge in [0.05, 0.1) is 10.6 Å². The van der Waals surface area contributed by atoms with Crippen LogP contribution in [-0.2, 0) is 27.7 Å². The van der Waals surface area contributed by atoms with E-state index in [1.165, 1.54) is 5.56 Å². The highest BCUT2D eigenvalue weighted by Crippen LogP contribution is 2.33. The number of rotatable bonds is 10. The second kappa shape index (κ2) is 11.7. The summed E-state index contributed by atoms with van der Waals surface area (Å²) in [5.74, 6) is 0.860. The van der Waals surface area contributed by atoms with Crippen LogP contribution in [0.25, 0.3) is 0 Å². The Labute approximate surface area is 217 Å². The fourth-order valence-electron chi connectivity index (χ4n) is 5.41. The average Bonchev–Trinajstić information content (AvgIpc) is 2.87. The molecule has 0 aromatic heterocycles. The maximum atomic E-state index is 13.8. The number of piperidine rings is 1. The van der Waals surface area contributed by atoms with Crippen LogP contribution in [0.3, 0.4) is 0 Å². The largest absolute Gasteiger partial charge is 0.371 e. The van der Waals surface area contributed by atoms with Gasteiger partial charge < -0.3 is 10.2 Å². The first kappa shape index (κ1) is 26.5. The number of fused-ring (bicyclic) bond motifs is 1. The minimum atomic E-state index is -3.68. The second-order valence-electron chi connectivity index (χ2n) is 10.7. The Balaban J connectivity index is 1.51. The third kappa shape index (κ3) is 6.23. The van der Waals surface area contributed by atoms with Gasteiger partial charge in [-0.3, -0.25) is 9.10 Å². The standard InChI is InChI=1S/C29H41N3O3S/c1-4-23-9-11-26(12-10-23)32(21-22(2)3)36(34,35)27-13-14-28-25(20-27)8-6-18-31(28)17-5-7-24-15-16-30-29(33)19-24/h9-14,20,22,24H,4-8,15-19,21H2,1-3H3,(H,30,33). The van der Waals surface area contributed by atoms with E-state index in [2.05, 4.69) is 17.1 Å². The van der Waals surface area contributed by atoms with Gasteiger partial charge in [0.1, 0.15) is 0 Å². The van der Waals surface area contributed by atoms with Crippen molar-refractivity contribution in [2.45, 2.75) is 70.6 Å². The van der Waals surface area contributed by atoms with Crippen LogP contribution in [0, 0.1) is 11.8 Å². The third-order valence-electron chi connectivity index (χ3n) is 7.41. The number of nitrogens with one attached hydrogen (secondary N) is 1. The number of hydrogen-bond acceptors (Lipinski definition) is 4. The van der Waals surface area contributed by atoms with Crippen LogP contribution in [0.1, 0.15) is 64.0 Å². The van der Waals surface area contributed by atoms with E-state index >= 15 is 0 Å². The number of sulfonamides is 1. The molecule has 1 unspecified atom stereocenters. The molecule has 1 saturated heterocycles. The molecule has 2 aromatic rings. The molecule has 6 nitrogen and oxygen atoms in total. The Kier molecular flexibility index (Phi) is 8.60. The maximum Gasteiger partial charge on any atom is 0.264 e. The van der Waals surface area contributed by atoms with Gasteiger partial charge in [0.25, 0.3) is 10.0 Å². The summed E-state index contributed by atoms with van der Waals surface area (Å²) in [4.78, 5) is 14.4. The highest BCUT2D eigenvalue weighted by molar-refractivity contribution is 7.92. The number of nitrogens with zero attached hydrogens (tertiary/aromatic N) is 2. The minimum absolute atomic E-state index is 0.177. The van der Waals surface area contributed by atoms with E-state index in [0.29, 0.717) is 23.8 Å². The van der Waals surface area contributed by atoms with E-state index in [0.717, 1.165) is 75.1 Å². The number of benzene rings is 2. The number of aryl methyl sites for hydroxylation is 2. The van der Waals surface area contributed by atoms with Gasteiger partial charge in [-0.05, 0) is 91.8 Å². The Bertz CT molecular complexity index is 1140. The van der Waals surface area contributed by atoms with Gasteiger partial charge in [0.2, 0.25) is 5.91 Å². The van der Waals surface area contributed by atoms with Gasteiger partial charge in [-0.25, -0.2) is 8.42 Å². The van der Waals surface area contributed by atoms with Crippen molar-refractivity contribution in [1.82, 2.24) is 5.32 Å². The molecule has 2 aliphatic heterocycles. The average molecular weight is 512 g/mol. The molecule has 196 valence electrons. The van der Waals surface area contributed by atoms with E-state index in [1.54, 1.807) is 10.4 Å². The van der Waals surface area contributed by atoms with E-state index in [4.69, 9.17) is 0 Å². The lowest BCUT2D eigenvalue weighted by Gasteiger charge is -2.33. The summed E-state index contributed by atoms with van der Waals surface area (Å²) in [6.45, 7) is 9.37. The molecule has 2 aromatic carbocycles. The van der Waals surface area contributed by atoms with Gasteiger partial charge in [-0.1, -0.05) is 32.9 Å². The topological polar surface area (TPSA) is 69.7 Å². The smallest absolute Gasteiger partial charge is 0.264 e. The Morgan fingerprint density at radius 1 is 1.14 bits per heavy atom. The summed E-state index contributed by atoms with van der Waals surface area (Å²) in [6.07, 6.45) is 6.67. The van der Waals surface area contributed by atoms with Crippen molar-refractivity contribution in [3.63, 3.8) is 0 Å². The summed E-state index contributed by atoms with van der Waals surface area (Å²) >= 11 is 0. The van der Waals surface area contributed by atoms with Crippen LogP contribution >= 0.6 is 0 Å². The second-order valence-corrected chi connectivity index (χ2v) is 12.5. The molecule has 0 radical (unpaired) electrons. The van der Waals surface area contributed by atoms with Crippen molar-refractivity contribution in [3.8, 4) is 0 Å². The number of carbonyl (C=O) groups is 1. The molecular weight excluding hydrogens is 470 g/mol. The molecule has 1 amide bonds. The Morgan fingerprint density at radius 3 is 2.61 bits per heavy atom. The first-order valence-corrected chi connectivity index (χ1v) is 15.0. The molecule has 1 atom stereocenters. The fourth-order valence-corrected chi connectivity index (χ4v) is 7.09. The summed E-state index contributed by atoms with van der Waals surface area (Å²) in [7, 11) is -3.68. The predicted molar refractivity (Wildman–Crippen MR) is 147 cm³/mol. The van der Waals surface area contributed by atoms with Crippen LogP contribution in [0.4, 0.5) is 11.4 Å². The van der Waals surface area contributed by atoms with Crippen molar-refractivity contribution in [1.29, 1.82) is 0 Å². The van der Waals surface area contributed by atoms with E-state index in [-0.39, 0.29) is 11.8 Å². The highest BCUT2D eigenvalue weighted by Gasteiger charge is 2.28. The van der Waals surface area contributed by atoms with E-state index in [1.807, 2.05) is 50.2 Å². The lowest BCUT2D eigenvalue weighted by molar-refractivity contribution is -0.123. The van der Waals surface area contributed by atoms with Crippen molar-refractivity contribution >= 4 is 27.3 Å². The van der Waals surface area contributed by atoms with Crippen molar-refractivity contribution < 1.29 is 13.2 Å². The van der Waals surface area contributed by atoms with Crippen LogP contribution in [0.2, 0.25) is 0 Å². The summed E-state index contributed by atoms with van der Waals surface area (Å²) in [5, 5.41) is 2.91. The first-order chi connectivity index (χ1) is 17.3.